The Hall–Kier alpha value is -1.71. The molecule has 0 amide bonds. The Kier molecular flexibility index (Phi) is 6.76. The fourth-order valence-electron chi connectivity index (χ4n) is 0.785. The minimum absolute atomic E-state index is 0.427. The van der Waals surface area contributed by atoms with Crippen LogP contribution in [-0.4, -0.2) is 59.2 Å². The van der Waals surface area contributed by atoms with Crippen molar-refractivity contribution in [2.24, 2.45) is 0 Å². The average Bonchev–Trinajstić information content (AvgIpc) is 2.15. The van der Waals surface area contributed by atoms with Crippen LogP contribution in [0, 0.1) is 0 Å². The summed E-state index contributed by atoms with van der Waals surface area (Å²) in [4.78, 5) is 30.7. The van der Waals surface area contributed by atoms with Gasteiger partial charge in [0, 0.05) is 0 Å². The predicted molar refractivity (Wildman–Crippen MR) is 50.7 cm³/mol. The van der Waals surface area contributed by atoms with E-state index in [1.165, 1.54) is 0 Å². The van der Waals surface area contributed by atoms with Gasteiger partial charge in [0.1, 0.15) is 6.29 Å². The number of hydrogen-bond acceptors (Lipinski definition) is 6. The van der Waals surface area contributed by atoms with Crippen LogP contribution >= 0.6 is 0 Å². The topological polar surface area (TPSA) is 148 Å². The maximum Gasteiger partial charge on any atom is 0.317 e. The highest BCUT2D eigenvalue weighted by molar-refractivity contribution is 5.70. The largest absolute Gasteiger partial charge is 0.480 e. The molecule has 92 valence electrons. The van der Waals surface area contributed by atoms with E-state index >= 15 is 0 Å². The van der Waals surface area contributed by atoms with E-state index in [2.05, 4.69) is 16.0 Å². The molecule has 0 aliphatic carbocycles. The molecule has 6 N–H and O–H groups in total. The van der Waals surface area contributed by atoms with E-state index in [9.17, 15) is 14.4 Å². The first kappa shape index (κ1) is 14.3. The van der Waals surface area contributed by atoms with Crippen LogP contribution in [0.1, 0.15) is 0 Å². The highest BCUT2D eigenvalue weighted by Gasteiger charge is 2.11. The second-order valence-corrected chi connectivity index (χ2v) is 2.76. The summed E-state index contributed by atoms with van der Waals surface area (Å²) in [6.45, 7) is -1.28. The number of hydrogen-bond donors (Lipinski definition) is 6. The van der Waals surface area contributed by atoms with Gasteiger partial charge < -0.3 is 15.3 Å². The Balaban J connectivity index is 3.98. The third-order valence-corrected chi connectivity index (χ3v) is 1.37. The van der Waals surface area contributed by atoms with Crippen molar-refractivity contribution in [3.63, 3.8) is 0 Å². The summed E-state index contributed by atoms with van der Waals surface area (Å²) in [5, 5.41) is 32.2. The van der Waals surface area contributed by atoms with E-state index in [1.54, 1.807) is 0 Å². The summed E-state index contributed by atoms with van der Waals surface area (Å²) in [6.07, 6.45) is -0.900. The van der Waals surface area contributed by atoms with Crippen LogP contribution in [0.4, 0.5) is 0 Å². The summed E-state index contributed by atoms with van der Waals surface area (Å²) in [5.41, 5.74) is 0. The summed E-state index contributed by atoms with van der Waals surface area (Å²) in [6, 6.07) is 0. The number of nitrogens with one attached hydrogen (secondary N) is 3. The van der Waals surface area contributed by atoms with Gasteiger partial charge in [-0.25, -0.2) is 0 Å². The van der Waals surface area contributed by atoms with Gasteiger partial charge in [-0.1, -0.05) is 0 Å². The molecule has 0 aromatic heterocycles. The van der Waals surface area contributed by atoms with Gasteiger partial charge in [-0.05, 0) is 0 Å². The molecule has 16 heavy (non-hydrogen) atoms. The molecule has 0 rings (SSSR count). The first-order valence-electron chi connectivity index (χ1n) is 4.27. The molecule has 0 saturated carbocycles. The Bertz CT molecular complexity index is 226. The highest BCUT2D eigenvalue weighted by atomic mass is 16.4. The summed E-state index contributed by atoms with van der Waals surface area (Å²) >= 11 is 0. The fourth-order valence-corrected chi connectivity index (χ4v) is 0.785. The maximum atomic E-state index is 10.2. The van der Waals surface area contributed by atoms with Gasteiger partial charge in [0.05, 0.1) is 19.6 Å². The quantitative estimate of drug-likeness (QED) is 0.235. The van der Waals surface area contributed by atoms with Crippen LogP contribution in [0.2, 0.25) is 0 Å². The van der Waals surface area contributed by atoms with Crippen LogP contribution in [0.5, 0.6) is 0 Å². The summed E-state index contributed by atoms with van der Waals surface area (Å²) < 4.78 is 0. The lowest BCUT2D eigenvalue weighted by atomic mass is 10.5. The van der Waals surface area contributed by atoms with Crippen molar-refractivity contribution in [3.8, 4) is 0 Å². The van der Waals surface area contributed by atoms with Gasteiger partial charge in [0.25, 0.3) is 0 Å². The second kappa shape index (κ2) is 7.56. The molecule has 0 radical (unpaired) electrons. The predicted octanol–water partition coefficient (Wildman–Crippen LogP) is -2.71. The molecule has 0 bridgehead atoms. The van der Waals surface area contributed by atoms with Gasteiger partial charge in [-0.15, -0.1) is 0 Å². The lowest BCUT2D eigenvalue weighted by Crippen LogP contribution is -2.56. The van der Waals surface area contributed by atoms with Crippen LogP contribution in [0.3, 0.4) is 0 Å². The van der Waals surface area contributed by atoms with E-state index in [4.69, 9.17) is 15.3 Å². The molecule has 9 heteroatoms. The smallest absolute Gasteiger partial charge is 0.317 e. The number of carboxylic acids is 3. The number of rotatable bonds is 9. The van der Waals surface area contributed by atoms with Crippen LogP contribution in [0.15, 0.2) is 0 Å². The zero-order valence-electron chi connectivity index (χ0n) is 8.27. The van der Waals surface area contributed by atoms with Crippen LogP contribution < -0.4 is 16.0 Å². The van der Waals surface area contributed by atoms with Gasteiger partial charge in [0.2, 0.25) is 0 Å². The Morgan fingerprint density at radius 3 is 1.19 bits per heavy atom. The van der Waals surface area contributed by atoms with Gasteiger partial charge in [0.15, 0.2) is 0 Å². The molecular weight excluding hydrogens is 222 g/mol. The minimum Gasteiger partial charge on any atom is -0.480 e. The van der Waals surface area contributed by atoms with E-state index in [-0.39, 0.29) is 0 Å². The highest BCUT2D eigenvalue weighted by Crippen LogP contribution is 1.74. The minimum atomic E-state index is -1.14. The Morgan fingerprint density at radius 2 is 1.00 bits per heavy atom. The van der Waals surface area contributed by atoms with Crippen molar-refractivity contribution in [2.45, 2.75) is 6.29 Å². The zero-order chi connectivity index (χ0) is 12.6. The standard InChI is InChI=1S/C7H13N3O6/c11-4(12)1-8-7(9-2-5(13)14)10-3-6(15)16/h7-10H,1-3H2,(H,11,12)(H,13,14)(H,15,16). The Morgan fingerprint density at radius 1 is 0.750 bits per heavy atom. The van der Waals surface area contributed by atoms with Crippen LogP contribution in [-0.2, 0) is 14.4 Å². The first-order valence-corrected chi connectivity index (χ1v) is 4.27. The van der Waals surface area contributed by atoms with Crippen molar-refractivity contribution in [3.05, 3.63) is 0 Å². The fraction of sp³-hybridized carbons (Fsp3) is 0.571. The van der Waals surface area contributed by atoms with Crippen LogP contribution in [0.25, 0.3) is 0 Å². The van der Waals surface area contributed by atoms with E-state index in [0.29, 0.717) is 0 Å². The molecule has 0 aliphatic rings. The molecule has 0 aliphatic heterocycles. The van der Waals surface area contributed by atoms with Crippen molar-refractivity contribution in [1.29, 1.82) is 0 Å². The zero-order valence-corrected chi connectivity index (χ0v) is 8.27. The number of aliphatic carboxylic acids is 3. The van der Waals surface area contributed by atoms with Gasteiger partial charge >= 0.3 is 17.9 Å². The lowest BCUT2D eigenvalue weighted by molar-refractivity contribution is -0.136. The third kappa shape index (κ3) is 8.87. The summed E-state index contributed by atoms with van der Waals surface area (Å²) in [7, 11) is 0. The molecule has 0 atom stereocenters. The van der Waals surface area contributed by atoms with Gasteiger partial charge in [-0.3, -0.25) is 30.3 Å². The molecule has 0 heterocycles. The maximum absolute atomic E-state index is 10.2. The molecule has 0 unspecified atom stereocenters. The first-order chi connectivity index (χ1) is 7.41. The third-order valence-electron chi connectivity index (χ3n) is 1.37. The monoisotopic (exact) mass is 235 g/mol. The van der Waals surface area contributed by atoms with E-state index in [0.717, 1.165) is 0 Å². The Labute approximate surface area is 90.4 Å². The van der Waals surface area contributed by atoms with Gasteiger partial charge in [-0.2, -0.15) is 0 Å². The average molecular weight is 235 g/mol. The lowest BCUT2D eigenvalue weighted by Gasteiger charge is -2.18. The number of carbonyl (C=O) groups is 3. The van der Waals surface area contributed by atoms with Crippen molar-refractivity contribution in [1.82, 2.24) is 16.0 Å². The van der Waals surface area contributed by atoms with Crippen molar-refractivity contribution < 1.29 is 29.7 Å². The normalized spacial score (nSPS) is 10.3. The van der Waals surface area contributed by atoms with Crippen molar-refractivity contribution in [2.75, 3.05) is 19.6 Å². The number of carboxylic acid groups (broad SMARTS) is 3. The van der Waals surface area contributed by atoms with E-state index < -0.39 is 43.8 Å². The molecule has 0 aromatic carbocycles. The molecule has 9 nitrogen and oxygen atoms in total. The molecule has 0 saturated heterocycles. The summed E-state index contributed by atoms with van der Waals surface area (Å²) in [5.74, 6) is -3.42. The molecule has 0 aromatic rings. The molecular formula is C7H13N3O6. The molecule has 0 fully saturated rings. The van der Waals surface area contributed by atoms with Crippen molar-refractivity contribution >= 4 is 17.9 Å². The molecule has 0 spiro atoms. The second-order valence-electron chi connectivity index (χ2n) is 2.76. The van der Waals surface area contributed by atoms with E-state index in [1.807, 2.05) is 0 Å². The SMILES string of the molecule is O=C(O)CNC(NCC(=O)O)NCC(=O)O.